The number of nitrogens with zero attached hydrogens (tertiary/aromatic N) is 2. The molecule has 0 bridgehead atoms. The molecule has 1 aromatic rings. The van der Waals surface area contributed by atoms with Crippen LogP contribution in [0.2, 0.25) is 0 Å². The van der Waals surface area contributed by atoms with Gasteiger partial charge in [0.05, 0.1) is 12.5 Å². The number of benzene rings is 1. The predicted octanol–water partition coefficient (Wildman–Crippen LogP) is 1.79. The maximum atomic E-state index is 12.4. The van der Waals surface area contributed by atoms with Gasteiger partial charge in [0.1, 0.15) is 0 Å². The van der Waals surface area contributed by atoms with E-state index in [9.17, 15) is 9.59 Å². The van der Waals surface area contributed by atoms with E-state index in [1.54, 1.807) is 0 Å². The maximum absolute atomic E-state index is 12.4. The first-order chi connectivity index (χ1) is 13.5. The molecule has 1 atom stereocenters. The Hall–Kier alpha value is -2.08. The Kier molecular flexibility index (Phi) is 7.31. The number of amides is 2. The molecule has 0 unspecified atom stereocenters. The third-order valence-corrected chi connectivity index (χ3v) is 5.55. The third kappa shape index (κ3) is 5.47. The van der Waals surface area contributed by atoms with E-state index in [4.69, 9.17) is 0 Å². The molecule has 1 aromatic carbocycles. The summed E-state index contributed by atoms with van der Waals surface area (Å²) in [6, 6.07) is 8.26. The second-order valence-electron chi connectivity index (χ2n) is 8.32. The van der Waals surface area contributed by atoms with Crippen molar-refractivity contribution in [3.8, 4) is 0 Å². The average Bonchev–Trinajstić information content (AvgIpc) is 2.67. The van der Waals surface area contributed by atoms with E-state index in [-0.39, 0.29) is 24.3 Å². The first kappa shape index (κ1) is 20.6. The molecule has 0 aliphatic carbocycles. The van der Waals surface area contributed by atoms with Crippen LogP contribution in [0.25, 0.3) is 0 Å². The number of aryl methyl sites for hydroxylation is 1. The molecule has 0 aromatic heterocycles. The molecular formula is C22H34N4O2. The largest absolute Gasteiger partial charge is 0.371 e. The number of carbonyl (C=O) groups is 2. The van der Waals surface area contributed by atoms with Crippen LogP contribution in [0.15, 0.2) is 24.3 Å². The normalized spacial score (nSPS) is 20.0. The van der Waals surface area contributed by atoms with Gasteiger partial charge < -0.3 is 15.5 Å². The van der Waals surface area contributed by atoms with Crippen molar-refractivity contribution in [2.24, 2.45) is 5.92 Å². The van der Waals surface area contributed by atoms with Crippen molar-refractivity contribution in [3.63, 3.8) is 0 Å². The number of carbonyl (C=O) groups excluding carboxylic acids is 2. The summed E-state index contributed by atoms with van der Waals surface area (Å²) in [5.41, 5.74) is 2.76. The molecule has 1 fully saturated rings. The second-order valence-corrected chi connectivity index (χ2v) is 8.32. The Morgan fingerprint density at radius 1 is 1.29 bits per heavy atom. The van der Waals surface area contributed by atoms with E-state index >= 15 is 0 Å². The highest BCUT2D eigenvalue weighted by Crippen LogP contribution is 2.26. The smallest absolute Gasteiger partial charge is 0.237 e. The number of nitrogens with one attached hydrogen (secondary N) is 2. The lowest BCUT2D eigenvalue weighted by Crippen LogP contribution is -2.57. The molecule has 6 nitrogen and oxygen atoms in total. The van der Waals surface area contributed by atoms with Gasteiger partial charge >= 0.3 is 0 Å². The van der Waals surface area contributed by atoms with Gasteiger partial charge in [0.15, 0.2) is 0 Å². The lowest BCUT2D eigenvalue weighted by atomic mass is 10.0. The van der Waals surface area contributed by atoms with Crippen LogP contribution in [-0.2, 0) is 16.0 Å². The van der Waals surface area contributed by atoms with Crippen LogP contribution in [-0.4, -0.2) is 62.0 Å². The van der Waals surface area contributed by atoms with E-state index in [1.165, 1.54) is 17.7 Å². The lowest BCUT2D eigenvalue weighted by Gasteiger charge is -2.35. The van der Waals surface area contributed by atoms with Gasteiger partial charge in [-0.2, -0.15) is 0 Å². The van der Waals surface area contributed by atoms with Crippen LogP contribution in [0.5, 0.6) is 0 Å². The molecule has 0 radical (unpaired) electrons. The summed E-state index contributed by atoms with van der Waals surface area (Å²) in [7, 11) is 0. The zero-order chi connectivity index (χ0) is 19.9. The molecule has 6 heteroatoms. The van der Waals surface area contributed by atoms with Crippen molar-refractivity contribution in [2.75, 3.05) is 44.2 Å². The molecule has 2 aliphatic rings. The van der Waals surface area contributed by atoms with Crippen LogP contribution in [0, 0.1) is 5.92 Å². The first-order valence-electron chi connectivity index (χ1n) is 10.7. The number of hydrogen-bond donors (Lipinski definition) is 2. The summed E-state index contributed by atoms with van der Waals surface area (Å²) in [5, 5.41) is 5.91. The number of fused-ring (bicyclic) bond motifs is 1. The van der Waals surface area contributed by atoms with E-state index in [2.05, 4.69) is 58.5 Å². The molecule has 28 heavy (non-hydrogen) atoms. The molecule has 1 saturated heterocycles. The van der Waals surface area contributed by atoms with Crippen molar-refractivity contribution >= 4 is 17.5 Å². The van der Waals surface area contributed by atoms with Gasteiger partial charge in [0, 0.05) is 45.0 Å². The lowest BCUT2D eigenvalue weighted by molar-refractivity contribution is -0.134. The van der Waals surface area contributed by atoms with Crippen LogP contribution in [0.1, 0.15) is 38.7 Å². The first-order valence-corrected chi connectivity index (χ1v) is 10.7. The molecule has 2 N–H and O–H groups in total. The van der Waals surface area contributed by atoms with Crippen molar-refractivity contribution < 1.29 is 9.59 Å². The predicted molar refractivity (Wildman–Crippen MR) is 112 cm³/mol. The average molecular weight is 387 g/mol. The van der Waals surface area contributed by atoms with Gasteiger partial charge in [0.2, 0.25) is 11.8 Å². The molecule has 3 rings (SSSR count). The minimum Gasteiger partial charge on any atom is -0.371 e. The number of hydrogen-bond acceptors (Lipinski definition) is 4. The highest BCUT2D eigenvalue weighted by molar-refractivity contribution is 5.88. The van der Waals surface area contributed by atoms with Crippen LogP contribution < -0.4 is 15.5 Å². The van der Waals surface area contributed by atoms with Gasteiger partial charge in [-0.05, 0) is 36.8 Å². The van der Waals surface area contributed by atoms with Gasteiger partial charge in [-0.1, -0.05) is 32.0 Å². The van der Waals surface area contributed by atoms with Crippen LogP contribution in [0.3, 0.4) is 0 Å². The fourth-order valence-electron chi connectivity index (χ4n) is 4.26. The Morgan fingerprint density at radius 2 is 2.11 bits per heavy atom. The fourth-order valence-corrected chi connectivity index (χ4v) is 4.26. The second kappa shape index (κ2) is 9.92. The Balaban J connectivity index is 1.42. The fraction of sp³-hybridized carbons (Fsp3) is 0.636. The highest BCUT2D eigenvalue weighted by atomic mass is 16.2. The van der Waals surface area contributed by atoms with Crippen LogP contribution >= 0.6 is 0 Å². The standard InChI is InChI=1S/C22H34N4O2/c1-17(2)16-26-14-11-24-22(28)20(26)15-21(27)23-10-6-13-25-12-5-8-18-7-3-4-9-19(18)25/h3-4,7,9,17,20H,5-6,8,10-16H2,1-2H3,(H,23,27)(H,24,28)/t20-/m1/s1. The SMILES string of the molecule is CC(C)CN1CCNC(=O)[C@H]1CC(=O)NCCCN1CCCc2ccccc21. The van der Waals surface area contributed by atoms with Crippen molar-refractivity contribution in [1.29, 1.82) is 0 Å². The van der Waals surface area contributed by atoms with Gasteiger partial charge in [-0.15, -0.1) is 0 Å². The topological polar surface area (TPSA) is 64.7 Å². The molecule has 2 heterocycles. The van der Waals surface area contributed by atoms with E-state index in [1.807, 2.05) is 0 Å². The summed E-state index contributed by atoms with van der Waals surface area (Å²) in [5.74, 6) is 0.422. The summed E-state index contributed by atoms with van der Waals surface area (Å²) < 4.78 is 0. The maximum Gasteiger partial charge on any atom is 0.237 e. The Bertz CT molecular complexity index is 676. The molecule has 0 saturated carbocycles. The summed E-state index contributed by atoms with van der Waals surface area (Å²) in [6.45, 7) is 9.29. The number of anilines is 1. The van der Waals surface area contributed by atoms with Crippen molar-refractivity contribution in [1.82, 2.24) is 15.5 Å². The van der Waals surface area contributed by atoms with E-state index in [0.29, 0.717) is 19.0 Å². The Labute approximate surface area is 168 Å². The zero-order valence-electron chi connectivity index (χ0n) is 17.2. The Morgan fingerprint density at radius 3 is 2.93 bits per heavy atom. The minimum atomic E-state index is -0.342. The highest BCUT2D eigenvalue weighted by Gasteiger charge is 2.31. The van der Waals surface area contributed by atoms with E-state index in [0.717, 1.165) is 39.0 Å². The minimum absolute atomic E-state index is 0.0213. The van der Waals surface area contributed by atoms with Gasteiger partial charge in [0.25, 0.3) is 0 Å². The molecular weight excluding hydrogens is 352 g/mol. The molecule has 2 aliphatic heterocycles. The number of rotatable bonds is 8. The third-order valence-electron chi connectivity index (χ3n) is 5.55. The summed E-state index contributed by atoms with van der Waals surface area (Å²) in [4.78, 5) is 29.2. The zero-order valence-corrected chi connectivity index (χ0v) is 17.2. The quantitative estimate of drug-likeness (QED) is 0.669. The van der Waals surface area contributed by atoms with Crippen molar-refractivity contribution in [2.45, 2.75) is 45.6 Å². The molecule has 2 amide bonds. The van der Waals surface area contributed by atoms with E-state index < -0.39 is 0 Å². The summed E-state index contributed by atoms with van der Waals surface area (Å²) in [6.07, 6.45) is 3.49. The number of piperazine rings is 1. The summed E-state index contributed by atoms with van der Waals surface area (Å²) >= 11 is 0. The van der Waals surface area contributed by atoms with Gasteiger partial charge in [-0.3, -0.25) is 14.5 Å². The molecule has 0 spiro atoms. The number of para-hydroxylation sites is 1. The molecule has 154 valence electrons. The van der Waals surface area contributed by atoms with Crippen LogP contribution in [0.4, 0.5) is 5.69 Å². The van der Waals surface area contributed by atoms with Crippen molar-refractivity contribution in [3.05, 3.63) is 29.8 Å². The monoisotopic (exact) mass is 386 g/mol. The van der Waals surface area contributed by atoms with Gasteiger partial charge in [-0.25, -0.2) is 0 Å².